The summed E-state index contributed by atoms with van der Waals surface area (Å²) in [4.78, 5) is 13.8. The quantitative estimate of drug-likeness (QED) is 0.924. The largest absolute Gasteiger partial charge is 0.444 e. The van der Waals surface area contributed by atoms with Gasteiger partial charge in [0, 0.05) is 19.6 Å². The number of alkyl carbamates (subject to hydrolysis) is 1. The number of amides is 1. The van der Waals surface area contributed by atoms with Gasteiger partial charge in [0.1, 0.15) is 5.60 Å². The van der Waals surface area contributed by atoms with E-state index < -0.39 is 5.60 Å². The lowest BCUT2D eigenvalue weighted by Crippen LogP contribution is -2.36. The van der Waals surface area contributed by atoms with Gasteiger partial charge in [-0.25, -0.2) is 4.79 Å². The number of hydrogen-bond donors (Lipinski definition) is 1. The highest BCUT2D eigenvalue weighted by Crippen LogP contribution is 2.21. The van der Waals surface area contributed by atoms with Gasteiger partial charge in [0.15, 0.2) is 5.82 Å². The van der Waals surface area contributed by atoms with Gasteiger partial charge in [0.05, 0.1) is 5.69 Å². The van der Waals surface area contributed by atoms with Crippen LogP contribution in [0.1, 0.15) is 32.9 Å². The van der Waals surface area contributed by atoms with E-state index in [0.717, 1.165) is 31.0 Å². The number of hydrogen-bond acceptors (Lipinski definition) is 5. The molecule has 1 N–H and O–H groups in total. The summed E-state index contributed by atoms with van der Waals surface area (Å²) in [6.45, 7) is 9.96. The van der Waals surface area contributed by atoms with Crippen molar-refractivity contribution < 1.29 is 9.53 Å². The molecule has 116 valence electrons. The SMILES string of the molecule is Cc1ccc(N2CC[C@@H](CNC(=O)OC(C)(C)C)C2)nn1. The Morgan fingerprint density at radius 1 is 1.43 bits per heavy atom. The molecular formula is C15H24N4O2. The Morgan fingerprint density at radius 2 is 2.19 bits per heavy atom. The summed E-state index contributed by atoms with van der Waals surface area (Å²) in [5, 5.41) is 11.1. The second-order valence-electron chi connectivity index (χ2n) is 6.52. The summed E-state index contributed by atoms with van der Waals surface area (Å²) < 4.78 is 5.24. The number of anilines is 1. The Hall–Kier alpha value is -1.85. The highest BCUT2D eigenvalue weighted by molar-refractivity contribution is 5.67. The zero-order valence-corrected chi connectivity index (χ0v) is 13.2. The van der Waals surface area contributed by atoms with Crippen LogP contribution in [0.25, 0.3) is 0 Å². The lowest BCUT2D eigenvalue weighted by molar-refractivity contribution is 0.0520. The summed E-state index contributed by atoms with van der Waals surface area (Å²) >= 11 is 0. The predicted molar refractivity (Wildman–Crippen MR) is 81.3 cm³/mol. The van der Waals surface area contributed by atoms with Crippen molar-refractivity contribution in [1.29, 1.82) is 0 Å². The van der Waals surface area contributed by atoms with Crippen molar-refractivity contribution >= 4 is 11.9 Å². The lowest BCUT2D eigenvalue weighted by Gasteiger charge is -2.21. The van der Waals surface area contributed by atoms with Crippen molar-refractivity contribution in [2.24, 2.45) is 5.92 Å². The van der Waals surface area contributed by atoms with Gasteiger partial charge in [-0.2, -0.15) is 5.10 Å². The highest BCUT2D eigenvalue weighted by Gasteiger charge is 2.25. The summed E-state index contributed by atoms with van der Waals surface area (Å²) in [6.07, 6.45) is 0.682. The number of aromatic nitrogens is 2. The monoisotopic (exact) mass is 292 g/mol. The Balaban J connectivity index is 1.78. The normalized spacial score (nSPS) is 18.7. The molecule has 6 heteroatoms. The lowest BCUT2D eigenvalue weighted by atomic mass is 10.1. The Morgan fingerprint density at radius 3 is 2.81 bits per heavy atom. The predicted octanol–water partition coefficient (Wildman–Crippen LogP) is 2.14. The summed E-state index contributed by atoms with van der Waals surface area (Å²) in [6, 6.07) is 3.96. The first-order chi connectivity index (χ1) is 9.83. The van der Waals surface area contributed by atoms with Gasteiger partial charge in [-0.3, -0.25) is 0 Å². The third kappa shape index (κ3) is 4.88. The molecule has 1 amide bonds. The van der Waals surface area contributed by atoms with E-state index in [1.165, 1.54) is 0 Å². The number of rotatable bonds is 3. The van der Waals surface area contributed by atoms with E-state index in [2.05, 4.69) is 20.4 Å². The minimum atomic E-state index is -0.455. The zero-order chi connectivity index (χ0) is 15.5. The molecule has 21 heavy (non-hydrogen) atoms. The average Bonchev–Trinajstić information content (AvgIpc) is 2.84. The van der Waals surface area contributed by atoms with Crippen molar-refractivity contribution in [3.63, 3.8) is 0 Å². The van der Waals surface area contributed by atoms with Crippen LogP contribution in [0.15, 0.2) is 12.1 Å². The molecule has 0 aromatic carbocycles. The zero-order valence-electron chi connectivity index (χ0n) is 13.2. The Labute approximate surface area is 125 Å². The maximum Gasteiger partial charge on any atom is 0.407 e. The third-order valence-corrected chi connectivity index (χ3v) is 3.33. The number of nitrogens with zero attached hydrogens (tertiary/aromatic N) is 3. The molecule has 1 aliphatic rings. The van der Waals surface area contributed by atoms with E-state index in [0.29, 0.717) is 12.5 Å². The van der Waals surface area contributed by atoms with Crippen LogP contribution in [-0.2, 0) is 4.74 Å². The summed E-state index contributed by atoms with van der Waals surface area (Å²) in [5.41, 5.74) is 0.463. The minimum absolute atomic E-state index is 0.351. The molecule has 1 fully saturated rings. The van der Waals surface area contributed by atoms with Crippen LogP contribution < -0.4 is 10.2 Å². The van der Waals surface area contributed by atoms with Crippen LogP contribution in [0, 0.1) is 12.8 Å². The number of aryl methyl sites for hydroxylation is 1. The first-order valence-corrected chi connectivity index (χ1v) is 7.35. The van der Waals surface area contributed by atoms with Gasteiger partial charge in [0.2, 0.25) is 0 Å². The molecule has 0 spiro atoms. The molecule has 1 aromatic heterocycles. The number of carbonyl (C=O) groups is 1. The molecule has 1 atom stereocenters. The molecule has 1 saturated heterocycles. The van der Waals surface area contributed by atoms with Crippen molar-refractivity contribution in [1.82, 2.24) is 15.5 Å². The summed E-state index contributed by atoms with van der Waals surface area (Å²) in [5.74, 6) is 1.32. The summed E-state index contributed by atoms with van der Waals surface area (Å²) in [7, 11) is 0. The van der Waals surface area contributed by atoms with Crippen molar-refractivity contribution in [2.45, 2.75) is 39.7 Å². The second kappa shape index (κ2) is 6.28. The fourth-order valence-corrected chi connectivity index (χ4v) is 2.31. The molecule has 0 saturated carbocycles. The molecular weight excluding hydrogens is 268 g/mol. The van der Waals surface area contributed by atoms with E-state index in [-0.39, 0.29) is 6.09 Å². The van der Waals surface area contributed by atoms with Gasteiger partial charge in [-0.05, 0) is 52.2 Å². The van der Waals surface area contributed by atoms with Gasteiger partial charge in [0.25, 0.3) is 0 Å². The Bertz CT molecular complexity index is 481. The van der Waals surface area contributed by atoms with Gasteiger partial charge < -0.3 is 15.0 Å². The molecule has 0 radical (unpaired) electrons. The maximum atomic E-state index is 11.6. The first kappa shape index (κ1) is 15.5. The molecule has 0 unspecified atom stereocenters. The minimum Gasteiger partial charge on any atom is -0.444 e. The fraction of sp³-hybridized carbons (Fsp3) is 0.667. The fourth-order valence-electron chi connectivity index (χ4n) is 2.31. The molecule has 1 aromatic rings. The van der Waals surface area contributed by atoms with Crippen LogP contribution >= 0.6 is 0 Å². The average molecular weight is 292 g/mol. The smallest absolute Gasteiger partial charge is 0.407 e. The Kier molecular flexibility index (Phi) is 4.65. The molecule has 6 nitrogen and oxygen atoms in total. The van der Waals surface area contributed by atoms with E-state index in [1.807, 2.05) is 39.8 Å². The highest BCUT2D eigenvalue weighted by atomic mass is 16.6. The van der Waals surface area contributed by atoms with Crippen LogP contribution in [0.2, 0.25) is 0 Å². The van der Waals surface area contributed by atoms with E-state index >= 15 is 0 Å². The number of ether oxygens (including phenoxy) is 1. The number of carbonyl (C=O) groups excluding carboxylic acids is 1. The standard InChI is InChI=1S/C15H24N4O2/c1-11-5-6-13(18-17-11)19-8-7-12(10-19)9-16-14(20)21-15(2,3)4/h5-6,12H,7-10H2,1-4H3,(H,16,20)/t12-/m0/s1. The van der Waals surface area contributed by atoms with Crippen molar-refractivity contribution in [3.05, 3.63) is 17.8 Å². The molecule has 0 bridgehead atoms. The topological polar surface area (TPSA) is 67.4 Å². The van der Waals surface area contributed by atoms with Crippen LogP contribution in [0.4, 0.5) is 10.6 Å². The van der Waals surface area contributed by atoms with Gasteiger partial charge >= 0.3 is 6.09 Å². The molecule has 1 aliphatic heterocycles. The van der Waals surface area contributed by atoms with E-state index in [4.69, 9.17) is 4.74 Å². The maximum absolute atomic E-state index is 11.6. The van der Waals surface area contributed by atoms with Crippen molar-refractivity contribution in [2.75, 3.05) is 24.5 Å². The van der Waals surface area contributed by atoms with Crippen LogP contribution in [0.5, 0.6) is 0 Å². The van der Waals surface area contributed by atoms with Gasteiger partial charge in [-0.15, -0.1) is 5.10 Å². The van der Waals surface area contributed by atoms with E-state index in [9.17, 15) is 4.79 Å². The molecule has 2 heterocycles. The van der Waals surface area contributed by atoms with Crippen molar-refractivity contribution in [3.8, 4) is 0 Å². The third-order valence-electron chi connectivity index (χ3n) is 3.33. The van der Waals surface area contributed by atoms with Crippen LogP contribution in [-0.4, -0.2) is 41.5 Å². The second-order valence-corrected chi connectivity index (χ2v) is 6.52. The number of nitrogens with one attached hydrogen (secondary N) is 1. The first-order valence-electron chi connectivity index (χ1n) is 7.35. The van der Waals surface area contributed by atoms with E-state index in [1.54, 1.807) is 0 Å². The molecule has 0 aliphatic carbocycles. The van der Waals surface area contributed by atoms with Crippen LogP contribution in [0.3, 0.4) is 0 Å². The molecule has 2 rings (SSSR count). The van der Waals surface area contributed by atoms with Gasteiger partial charge in [-0.1, -0.05) is 0 Å².